The fourth-order valence-electron chi connectivity index (χ4n) is 5.34. The second-order valence-corrected chi connectivity index (χ2v) is 11.1. The van der Waals surface area contributed by atoms with Gasteiger partial charge in [0.2, 0.25) is 5.88 Å². The molecule has 1 aliphatic rings. The molecule has 2 atom stereocenters. The number of alkyl halides is 6. The maximum absolute atomic E-state index is 13.6. The molecule has 0 radical (unpaired) electrons. The number of aliphatic hydroxyl groups excluding tert-OH is 1. The Morgan fingerprint density at radius 1 is 1.06 bits per heavy atom. The first-order valence-electron chi connectivity index (χ1n) is 14.9. The van der Waals surface area contributed by atoms with Gasteiger partial charge in [-0.1, -0.05) is 6.92 Å². The number of carbonyl (C=O) groups excluding carboxylic acids is 1. The maximum Gasteiger partial charge on any atom is 0.416 e. The molecule has 3 aromatic rings. The minimum absolute atomic E-state index is 0.00845. The third-order valence-corrected chi connectivity index (χ3v) is 7.74. The lowest BCUT2D eigenvalue weighted by molar-refractivity contribution is -0.143. The van der Waals surface area contributed by atoms with E-state index in [4.69, 9.17) is 25.1 Å². The number of carboxylic acid groups (broad SMARTS) is 1. The minimum Gasteiger partial charge on any atom is -0.488 e. The number of rotatable bonds is 12. The number of aromatic nitrogens is 3. The molecule has 0 saturated heterocycles. The van der Waals surface area contributed by atoms with Crippen molar-refractivity contribution < 1.29 is 60.4 Å². The molecule has 2 aromatic heterocycles. The predicted octanol–water partition coefficient (Wildman–Crippen LogP) is 5.29. The van der Waals surface area contributed by atoms with Gasteiger partial charge in [0.1, 0.15) is 18.1 Å². The highest BCUT2D eigenvalue weighted by molar-refractivity contribution is 5.91. The molecule has 3 heterocycles. The summed E-state index contributed by atoms with van der Waals surface area (Å²) in [5, 5.41) is 18.2. The summed E-state index contributed by atoms with van der Waals surface area (Å²) >= 11 is 0. The number of nitrogens with zero attached hydrogens (tertiary/aromatic N) is 4. The Bertz CT molecular complexity index is 1640. The summed E-state index contributed by atoms with van der Waals surface area (Å²) in [5.74, 6) is -1.91. The lowest BCUT2D eigenvalue weighted by Crippen LogP contribution is -2.61. The molecule has 49 heavy (non-hydrogen) atoms. The molecule has 0 aliphatic carbocycles. The van der Waals surface area contributed by atoms with Gasteiger partial charge in [-0.25, -0.2) is 19.7 Å². The molecule has 1 aromatic carbocycles. The molecule has 12 nitrogen and oxygen atoms in total. The average Bonchev–Trinajstić information content (AvgIpc) is 3.04. The van der Waals surface area contributed by atoms with Crippen molar-refractivity contribution in [2.45, 2.75) is 63.0 Å². The van der Waals surface area contributed by atoms with Gasteiger partial charge in [-0.2, -0.15) is 26.3 Å². The molecule has 1 amide bonds. The van der Waals surface area contributed by atoms with Gasteiger partial charge in [0, 0.05) is 18.9 Å². The van der Waals surface area contributed by atoms with E-state index in [9.17, 15) is 41.0 Å². The van der Waals surface area contributed by atoms with Gasteiger partial charge in [0.15, 0.2) is 5.75 Å². The van der Waals surface area contributed by atoms with Gasteiger partial charge in [-0.3, -0.25) is 9.69 Å². The number of halogens is 6. The Balaban J connectivity index is 1.82. The molecule has 0 saturated carbocycles. The van der Waals surface area contributed by atoms with Crippen LogP contribution in [0.1, 0.15) is 72.4 Å². The number of anilines is 1. The van der Waals surface area contributed by atoms with Crippen molar-refractivity contribution in [1.82, 2.24) is 15.0 Å². The van der Waals surface area contributed by atoms with Crippen molar-refractivity contribution in [2.75, 3.05) is 31.8 Å². The van der Waals surface area contributed by atoms with Gasteiger partial charge in [-0.15, -0.1) is 0 Å². The number of carboxylic acids is 1. The van der Waals surface area contributed by atoms with Gasteiger partial charge < -0.3 is 30.2 Å². The number of amides is 1. The van der Waals surface area contributed by atoms with Crippen LogP contribution in [0.25, 0.3) is 0 Å². The first-order valence-corrected chi connectivity index (χ1v) is 14.9. The van der Waals surface area contributed by atoms with E-state index in [1.807, 2.05) is 0 Å². The van der Waals surface area contributed by atoms with Gasteiger partial charge >= 0.3 is 24.4 Å². The summed E-state index contributed by atoms with van der Waals surface area (Å²) in [4.78, 5) is 38.8. The van der Waals surface area contributed by atoms with Crippen LogP contribution in [0.5, 0.6) is 11.6 Å². The summed E-state index contributed by atoms with van der Waals surface area (Å²) in [6, 6.07) is 4.15. The standard InChI is InChI=1S/C31H33F6N5O7/c1-3-29(38)15-20(26-22(6-7-24(41-26)47-2)42(29)28(46)49-9-4-5-25(44)45)27-39-16-23(48-10-8-43)21(40-27)13-17-11-18(30(32,33)34)14-19(12-17)31(35,36)37/h6-7,11-12,14,16,20,43H,3-5,8-10,13,15,38H2,1-2H3,(H,44,45)/t20-,29+/m0/s1. The van der Waals surface area contributed by atoms with Crippen molar-refractivity contribution in [2.24, 2.45) is 5.73 Å². The first-order chi connectivity index (χ1) is 23.0. The molecule has 0 unspecified atom stereocenters. The molecule has 266 valence electrons. The van der Waals surface area contributed by atoms with Crippen LogP contribution in [0.4, 0.5) is 36.8 Å². The van der Waals surface area contributed by atoms with E-state index in [-0.39, 0.29) is 85.1 Å². The normalized spacial score (nSPS) is 17.8. The van der Waals surface area contributed by atoms with E-state index < -0.39 is 60.2 Å². The number of fused-ring (bicyclic) bond motifs is 1. The number of benzene rings is 1. The Morgan fingerprint density at radius 3 is 2.31 bits per heavy atom. The molecular weight excluding hydrogens is 668 g/mol. The number of aliphatic hydroxyl groups is 1. The summed E-state index contributed by atoms with van der Waals surface area (Å²) in [6.45, 7) is 0.754. The number of aliphatic carboxylic acids is 1. The Labute approximate surface area is 275 Å². The highest BCUT2D eigenvalue weighted by Crippen LogP contribution is 2.46. The van der Waals surface area contributed by atoms with E-state index in [1.165, 1.54) is 30.3 Å². The zero-order valence-corrected chi connectivity index (χ0v) is 26.3. The zero-order valence-electron chi connectivity index (χ0n) is 26.3. The minimum atomic E-state index is -5.08. The van der Waals surface area contributed by atoms with Crippen LogP contribution in [0.2, 0.25) is 0 Å². The second kappa shape index (κ2) is 14.8. The Morgan fingerprint density at radius 2 is 1.73 bits per heavy atom. The van der Waals surface area contributed by atoms with Crippen LogP contribution in [0.3, 0.4) is 0 Å². The highest BCUT2D eigenvalue weighted by atomic mass is 19.4. The molecule has 18 heteroatoms. The lowest BCUT2D eigenvalue weighted by atomic mass is 9.83. The van der Waals surface area contributed by atoms with Crippen molar-refractivity contribution in [3.05, 3.63) is 70.4 Å². The maximum atomic E-state index is 13.6. The molecule has 0 bridgehead atoms. The molecule has 0 spiro atoms. The summed E-state index contributed by atoms with van der Waals surface area (Å²) in [5.41, 5.74) is 2.25. The number of nitrogens with two attached hydrogens (primary N) is 1. The number of ether oxygens (including phenoxy) is 3. The van der Waals surface area contributed by atoms with Crippen LogP contribution in [-0.2, 0) is 28.3 Å². The number of carbonyl (C=O) groups is 2. The summed E-state index contributed by atoms with van der Waals surface area (Å²) in [7, 11) is 1.35. The zero-order chi connectivity index (χ0) is 36.1. The van der Waals surface area contributed by atoms with E-state index in [2.05, 4.69) is 15.0 Å². The number of hydrogen-bond acceptors (Lipinski definition) is 10. The van der Waals surface area contributed by atoms with E-state index >= 15 is 0 Å². The van der Waals surface area contributed by atoms with Crippen molar-refractivity contribution in [3.8, 4) is 11.6 Å². The first kappa shape index (κ1) is 37.1. The largest absolute Gasteiger partial charge is 0.488 e. The van der Waals surface area contributed by atoms with Crippen LogP contribution in [0.15, 0.2) is 36.5 Å². The molecule has 0 fully saturated rings. The smallest absolute Gasteiger partial charge is 0.416 e. The second-order valence-electron chi connectivity index (χ2n) is 11.1. The van der Waals surface area contributed by atoms with E-state index in [1.54, 1.807) is 6.92 Å². The van der Waals surface area contributed by atoms with Crippen molar-refractivity contribution in [3.63, 3.8) is 0 Å². The Hall–Kier alpha value is -4.71. The monoisotopic (exact) mass is 701 g/mol. The van der Waals surface area contributed by atoms with Gasteiger partial charge in [0.25, 0.3) is 0 Å². The fourth-order valence-corrected chi connectivity index (χ4v) is 5.34. The quantitative estimate of drug-likeness (QED) is 0.166. The molecular formula is C31H33F6N5O7. The van der Waals surface area contributed by atoms with E-state index in [0.29, 0.717) is 12.1 Å². The topological polar surface area (TPSA) is 170 Å². The molecule has 4 N–H and O–H groups in total. The summed E-state index contributed by atoms with van der Waals surface area (Å²) < 4.78 is 97.8. The fraction of sp³-hybridized carbons (Fsp3) is 0.452. The number of methoxy groups -OCH3 is 1. The number of pyridine rings is 1. The van der Waals surface area contributed by atoms with Crippen molar-refractivity contribution >= 4 is 17.7 Å². The highest BCUT2D eigenvalue weighted by Gasteiger charge is 2.47. The van der Waals surface area contributed by atoms with Crippen LogP contribution in [-0.4, -0.2) is 69.8 Å². The number of hydrogen-bond donors (Lipinski definition) is 3. The van der Waals surface area contributed by atoms with Crippen LogP contribution < -0.4 is 20.1 Å². The van der Waals surface area contributed by atoms with Crippen molar-refractivity contribution in [1.29, 1.82) is 0 Å². The van der Waals surface area contributed by atoms with Crippen LogP contribution in [0, 0.1) is 0 Å². The molecule has 1 aliphatic heterocycles. The van der Waals surface area contributed by atoms with Crippen LogP contribution >= 0.6 is 0 Å². The SMILES string of the molecule is CC[C@]1(N)C[C@H](c2ncc(OCCO)c(Cc3cc(C(F)(F)F)cc(C(F)(F)F)c3)n2)c2nc(OC)ccc2N1C(=O)OCCCC(=O)O. The Kier molecular flexibility index (Phi) is 11.2. The van der Waals surface area contributed by atoms with E-state index in [0.717, 1.165) is 0 Å². The average molecular weight is 702 g/mol. The third kappa shape index (κ3) is 8.66. The van der Waals surface area contributed by atoms with Gasteiger partial charge in [-0.05, 0) is 49.1 Å². The van der Waals surface area contributed by atoms with Gasteiger partial charge in [0.05, 0.1) is 60.6 Å². The lowest BCUT2D eigenvalue weighted by Gasteiger charge is -2.46. The third-order valence-electron chi connectivity index (χ3n) is 7.74. The predicted molar refractivity (Wildman–Crippen MR) is 159 cm³/mol. The molecule has 4 rings (SSSR count). The summed E-state index contributed by atoms with van der Waals surface area (Å²) in [6.07, 6.45) is -10.5.